The molecule has 1 saturated heterocycles. The van der Waals surface area contributed by atoms with E-state index in [1.165, 1.54) is 4.90 Å². The lowest BCUT2D eigenvalue weighted by atomic mass is 9.95. The van der Waals surface area contributed by atoms with Crippen molar-refractivity contribution in [3.05, 3.63) is 0 Å². The summed E-state index contributed by atoms with van der Waals surface area (Å²) in [6.07, 6.45) is 2.09. The van der Waals surface area contributed by atoms with Crippen molar-refractivity contribution in [1.29, 1.82) is 0 Å². The van der Waals surface area contributed by atoms with Gasteiger partial charge >= 0.3 is 6.09 Å². The van der Waals surface area contributed by atoms with Gasteiger partial charge in [-0.05, 0) is 39.5 Å². The van der Waals surface area contributed by atoms with Gasteiger partial charge in [-0.25, -0.2) is 4.79 Å². The van der Waals surface area contributed by atoms with Crippen molar-refractivity contribution >= 4 is 41.9 Å². The maximum Gasteiger partial charge on any atom is 0.410 e. The van der Waals surface area contributed by atoms with Crippen molar-refractivity contribution in [2.24, 2.45) is 16.6 Å². The molecule has 1 rings (SSSR count). The number of nitrogens with zero attached hydrogens (tertiary/aromatic N) is 3. The van der Waals surface area contributed by atoms with Crippen LogP contribution in [-0.4, -0.2) is 73.6 Å². The molecule has 3 N–H and O–H groups in total. The summed E-state index contributed by atoms with van der Waals surface area (Å²) in [6, 6.07) is 0. The van der Waals surface area contributed by atoms with E-state index in [2.05, 4.69) is 15.2 Å². The number of hydrogen-bond acceptors (Lipinski definition) is 4. The topological polar surface area (TPSA) is 100 Å². The van der Waals surface area contributed by atoms with E-state index < -0.39 is 5.60 Å². The number of nitrogens with one attached hydrogen (secondary N) is 1. The molecule has 0 spiro atoms. The van der Waals surface area contributed by atoms with Crippen LogP contribution in [0.4, 0.5) is 4.79 Å². The van der Waals surface area contributed by atoms with Crippen molar-refractivity contribution in [1.82, 2.24) is 15.1 Å². The number of nitrogens with two attached hydrogens (primary N) is 1. The van der Waals surface area contributed by atoms with E-state index >= 15 is 0 Å². The summed E-state index contributed by atoms with van der Waals surface area (Å²) in [4.78, 5) is 31.1. The van der Waals surface area contributed by atoms with Gasteiger partial charge in [-0.15, -0.1) is 24.0 Å². The Balaban J connectivity index is 0.00000625. The summed E-state index contributed by atoms with van der Waals surface area (Å²) < 4.78 is 5.33. The van der Waals surface area contributed by atoms with E-state index in [4.69, 9.17) is 10.5 Å². The monoisotopic (exact) mass is 483 g/mol. The van der Waals surface area contributed by atoms with Crippen LogP contribution in [0.25, 0.3) is 0 Å². The van der Waals surface area contributed by atoms with Crippen LogP contribution < -0.4 is 11.1 Å². The zero-order chi connectivity index (χ0) is 19.0. The van der Waals surface area contributed by atoms with Crippen LogP contribution in [0.1, 0.15) is 40.0 Å². The minimum absolute atomic E-state index is 0. The highest BCUT2D eigenvalue weighted by Gasteiger charge is 2.24. The zero-order valence-electron chi connectivity index (χ0n) is 16.6. The Morgan fingerprint density at radius 2 is 2.04 bits per heavy atom. The number of carbonyl (C=O) groups is 2. The molecule has 1 aliphatic rings. The van der Waals surface area contributed by atoms with Gasteiger partial charge in [0.15, 0.2) is 5.96 Å². The third kappa shape index (κ3) is 9.44. The molecule has 26 heavy (non-hydrogen) atoms. The maximum atomic E-state index is 11.9. The lowest BCUT2D eigenvalue weighted by Crippen LogP contribution is -2.49. The number of aliphatic imine (C=N–C) groups is 1. The van der Waals surface area contributed by atoms with E-state index in [9.17, 15) is 9.59 Å². The molecule has 1 fully saturated rings. The summed E-state index contributed by atoms with van der Waals surface area (Å²) in [7, 11) is 3.44. The largest absolute Gasteiger partial charge is 0.444 e. The minimum atomic E-state index is -0.502. The molecule has 0 saturated carbocycles. The molecule has 0 radical (unpaired) electrons. The van der Waals surface area contributed by atoms with Crippen LogP contribution in [0.3, 0.4) is 0 Å². The molecule has 0 aliphatic carbocycles. The Bertz CT molecular complexity index is 493. The van der Waals surface area contributed by atoms with Gasteiger partial charge in [0.2, 0.25) is 5.91 Å². The lowest BCUT2D eigenvalue weighted by molar-refractivity contribution is -0.119. The summed E-state index contributed by atoms with van der Waals surface area (Å²) >= 11 is 0. The molecule has 0 aromatic carbocycles. The Morgan fingerprint density at radius 1 is 1.38 bits per heavy atom. The molecular formula is C17H34IN5O3. The summed E-state index contributed by atoms with van der Waals surface area (Å²) in [6.45, 7) is 8.28. The van der Waals surface area contributed by atoms with Gasteiger partial charge in [-0.2, -0.15) is 0 Å². The first-order valence-corrected chi connectivity index (χ1v) is 8.80. The van der Waals surface area contributed by atoms with Crippen LogP contribution in [0, 0.1) is 5.92 Å². The first-order chi connectivity index (χ1) is 11.6. The smallest absolute Gasteiger partial charge is 0.410 e. The molecule has 0 aromatic rings. The normalized spacial score (nSPS) is 18.0. The maximum absolute atomic E-state index is 11.9. The number of carbonyl (C=O) groups excluding carboxylic acids is 2. The third-order valence-corrected chi connectivity index (χ3v) is 3.96. The lowest BCUT2D eigenvalue weighted by Gasteiger charge is -2.34. The van der Waals surface area contributed by atoms with Crippen molar-refractivity contribution in [3.8, 4) is 0 Å². The number of primary amides is 1. The Labute approximate surface area is 173 Å². The van der Waals surface area contributed by atoms with E-state index in [1.54, 1.807) is 14.1 Å². The predicted molar refractivity (Wildman–Crippen MR) is 114 cm³/mol. The Kier molecular flexibility index (Phi) is 10.9. The van der Waals surface area contributed by atoms with Crippen LogP contribution >= 0.6 is 24.0 Å². The van der Waals surface area contributed by atoms with Gasteiger partial charge in [0.1, 0.15) is 5.60 Å². The highest BCUT2D eigenvalue weighted by atomic mass is 127. The predicted octanol–water partition coefficient (Wildman–Crippen LogP) is 1.63. The van der Waals surface area contributed by atoms with E-state index in [0.717, 1.165) is 31.9 Å². The Hall–Kier alpha value is -1.26. The molecule has 8 nitrogen and oxygen atoms in total. The molecule has 1 heterocycles. The standard InChI is InChI=1S/C17H33N5O3.HI/c1-17(2,3)25-16(24)21(5)10-8-20-15(19-4)22-9-6-7-13(12-22)11-14(18)23;/h13H,6-12H2,1-5H3,(H2,18,23)(H,19,20);1H. The summed E-state index contributed by atoms with van der Waals surface area (Å²) in [5.41, 5.74) is 4.81. The minimum Gasteiger partial charge on any atom is -0.444 e. The number of ether oxygens (including phenoxy) is 1. The first kappa shape index (κ1) is 24.7. The average Bonchev–Trinajstić information content (AvgIpc) is 2.49. The molecule has 0 bridgehead atoms. The van der Waals surface area contributed by atoms with Gasteiger partial charge in [-0.1, -0.05) is 0 Å². The number of amides is 2. The van der Waals surface area contributed by atoms with Crippen molar-refractivity contribution in [2.45, 2.75) is 45.6 Å². The van der Waals surface area contributed by atoms with Crippen molar-refractivity contribution < 1.29 is 14.3 Å². The number of guanidine groups is 1. The second-order valence-electron chi connectivity index (χ2n) is 7.50. The molecular weight excluding hydrogens is 449 g/mol. The number of likely N-dealkylation sites (N-methyl/N-ethyl adjacent to an activating group) is 1. The zero-order valence-corrected chi connectivity index (χ0v) is 18.9. The fourth-order valence-corrected chi connectivity index (χ4v) is 2.81. The van der Waals surface area contributed by atoms with Crippen LogP contribution in [-0.2, 0) is 9.53 Å². The molecule has 1 aliphatic heterocycles. The van der Waals surface area contributed by atoms with Gasteiger partial charge in [0.25, 0.3) is 0 Å². The molecule has 0 aromatic heterocycles. The molecule has 2 amide bonds. The summed E-state index contributed by atoms with van der Waals surface area (Å²) in [5.74, 6) is 0.801. The van der Waals surface area contributed by atoms with Gasteiger partial charge in [0.05, 0.1) is 0 Å². The van der Waals surface area contributed by atoms with Crippen LogP contribution in [0.5, 0.6) is 0 Å². The highest BCUT2D eigenvalue weighted by Crippen LogP contribution is 2.19. The van der Waals surface area contributed by atoms with Crippen LogP contribution in [0.2, 0.25) is 0 Å². The van der Waals surface area contributed by atoms with E-state index in [1.807, 2.05) is 20.8 Å². The highest BCUT2D eigenvalue weighted by molar-refractivity contribution is 14.0. The van der Waals surface area contributed by atoms with E-state index in [-0.39, 0.29) is 41.9 Å². The Morgan fingerprint density at radius 3 is 2.58 bits per heavy atom. The fraction of sp³-hybridized carbons (Fsp3) is 0.824. The second kappa shape index (κ2) is 11.5. The van der Waals surface area contributed by atoms with Gasteiger partial charge in [-0.3, -0.25) is 9.79 Å². The van der Waals surface area contributed by atoms with E-state index in [0.29, 0.717) is 19.5 Å². The van der Waals surface area contributed by atoms with Gasteiger partial charge < -0.3 is 25.6 Å². The third-order valence-electron chi connectivity index (χ3n) is 3.96. The second-order valence-corrected chi connectivity index (χ2v) is 7.50. The molecule has 9 heteroatoms. The van der Waals surface area contributed by atoms with Gasteiger partial charge in [0, 0.05) is 46.7 Å². The fourth-order valence-electron chi connectivity index (χ4n) is 2.81. The molecule has 1 atom stereocenters. The van der Waals surface area contributed by atoms with Crippen molar-refractivity contribution in [2.75, 3.05) is 40.3 Å². The first-order valence-electron chi connectivity index (χ1n) is 8.80. The quantitative estimate of drug-likeness (QED) is 0.352. The number of likely N-dealkylation sites (tertiary alicyclic amines) is 1. The molecule has 152 valence electrons. The molecule has 1 unspecified atom stereocenters. The average molecular weight is 483 g/mol. The summed E-state index contributed by atoms with van der Waals surface area (Å²) in [5, 5.41) is 3.27. The number of rotatable bonds is 5. The van der Waals surface area contributed by atoms with Crippen LogP contribution in [0.15, 0.2) is 4.99 Å². The number of piperidine rings is 1. The number of halogens is 1. The SMILES string of the molecule is CN=C(NCCN(C)C(=O)OC(C)(C)C)N1CCCC(CC(N)=O)C1.I. The van der Waals surface area contributed by atoms with Crippen molar-refractivity contribution in [3.63, 3.8) is 0 Å². The number of hydrogen-bond donors (Lipinski definition) is 2.